The molecule has 5 aromatic rings. The number of fused-ring (bicyclic) bond motifs is 4. The van der Waals surface area contributed by atoms with Crippen molar-refractivity contribution in [3.05, 3.63) is 104 Å². The number of benzene rings is 3. The van der Waals surface area contributed by atoms with Gasteiger partial charge in [0.25, 0.3) is 11.8 Å². The zero-order chi connectivity index (χ0) is 45.9. The number of amides is 5. The molecule has 1 fully saturated rings. The van der Waals surface area contributed by atoms with Crippen molar-refractivity contribution in [3.8, 4) is 22.2 Å². The van der Waals surface area contributed by atoms with E-state index >= 15 is 0 Å². The van der Waals surface area contributed by atoms with E-state index in [4.69, 9.17) is 30.8 Å². The van der Waals surface area contributed by atoms with Crippen LogP contribution >= 0.6 is 22.9 Å². The first-order valence-electron chi connectivity index (χ1n) is 20.8. The molecule has 0 aliphatic carbocycles. The average Bonchev–Trinajstić information content (AvgIpc) is 3.91. The van der Waals surface area contributed by atoms with E-state index in [1.54, 1.807) is 41.7 Å². The minimum Gasteiger partial charge on any atom is -0.493 e. The van der Waals surface area contributed by atoms with Crippen molar-refractivity contribution in [3.63, 3.8) is 0 Å². The molecule has 65 heavy (non-hydrogen) atoms. The number of aliphatic imine (C=N–C) groups is 1. The molecule has 3 aromatic carbocycles. The lowest BCUT2D eigenvalue weighted by atomic mass is 9.99. The van der Waals surface area contributed by atoms with E-state index in [0.717, 1.165) is 32.3 Å². The van der Waals surface area contributed by atoms with Crippen LogP contribution in [0, 0.1) is 20.8 Å². The predicted molar refractivity (Wildman–Crippen MR) is 240 cm³/mol. The Morgan fingerprint density at radius 2 is 1.68 bits per heavy atom. The molecule has 5 heterocycles. The predicted octanol–water partition coefficient (Wildman–Crippen LogP) is 6.08. The number of aryl methyl sites for hydroxylation is 2. The summed E-state index contributed by atoms with van der Waals surface area (Å²) in [5.74, 6) is 0.115. The van der Waals surface area contributed by atoms with Crippen LogP contribution in [0.1, 0.15) is 80.9 Å². The molecule has 1 saturated heterocycles. The number of nitrogens with one attached hydrogen (secondary N) is 3. The minimum absolute atomic E-state index is 0.0344. The van der Waals surface area contributed by atoms with E-state index in [2.05, 4.69) is 50.2 Å². The van der Waals surface area contributed by atoms with Gasteiger partial charge >= 0.3 is 0 Å². The second-order valence-corrected chi connectivity index (χ2v) is 17.2. The van der Waals surface area contributed by atoms with Crippen LogP contribution < -0.4 is 30.2 Å². The van der Waals surface area contributed by atoms with Crippen molar-refractivity contribution in [2.75, 3.05) is 33.9 Å². The number of ether oxygens (including phenoxy) is 3. The molecular formula is C45H45ClN10O8S. The third kappa shape index (κ3) is 9.19. The van der Waals surface area contributed by atoms with Gasteiger partial charge in [0.1, 0.15) is 22.9 Å². The van der Waals surface area contributed by atoms with E-state index in [1.807, 2.05) is 35.8 Å². The number of thiophene rings is 1. The fraction of sp³-hybridized carbons (Fsp3) is 0.333. The maximum Gasteiger partial charge on any atom is 0.257 e. The summed E-state index contributed by atoms with van der Waals surface area (Å²) in [4.78, 5) is 71.5. The summed E-state index contributed by atoms with van der Waals surface area (Å²) >= 11 is 7.87. The summed E-state index contributed by atoms with van der Waals surface area (Å²) in [6.07, 6.45) is 0.876. The third-order valence-electron chi connectivity index (χ3n) is 11.4. The summed E-state index contributed by atoms with van der Waals surface area (Å²) in [7, 11) is 2.87. The number of azo groups is 1. The van der Waals surface area contributed by atoms with Crippen LogP contribution in [0.15, 0.2) is 69.8 Å². The van der Waals surface area contributed by atoms with Crippen molar-refractivity contribution in [2.24, 2.45) is 15.2 Å². The Kier molecular flexibility index (Phi) is 13.0. The van der Waals surface area contributed by atoms with Gasteiger partial charge in [0.2, 0.25) is 23.5 Å². The molecule has 18 nitrogen and oxygen atoms in total. The van der Waals surface area contributed by atoms with Crippen LogP contribution in [0.2, 0.25) is 5.02 Å². The van der Waals surface area contributed by atoms with Crippen molar-refractivity contribution in [1.29, 1.82) is 0 Å². The molecule has 3 aliphatic rings. The molecule has 3 aliphatic heterocycles. The third-order valence-corrected chi connectivity index (χ3v) is 12.8. The van der Waals surface area contributed by atoms with Crippen LogP contribution in [0.3, 0.4) is 0 Å². The Bertz CT molecular complexity index is 2760. The fourth-order valence-corrected chi connectivity index (χ4v) is 9.29. The zero-order valence-electron chi connectivity index (χ0n) is 36.2. The second-order valence-electron chi connectivity index (χ2n) is 15.5. The first kappa shape index (κ1) is 44.6. The van der Waals surface area contributed by atoms with E-state index in [9.17, 15) is 24.0 Å². The topological polar surface area (TPSA) is 220 Å². The number of carbonyl (C=O) groups excluding carboxylic acids is 5. The number of hydrogen-bond acceptors (Lipinski definition) is 14. The van der Waals surface area contributed by atoms with Crippen molar-refractivity contribution in [1.82, 2.24) is 35.6 Å². The molecule has 20 heteroatoms. The van der Waals surface area contributed by atoms with Crippen LogP contribution in [0.25, 0.3) is 5.00 Å². The Balaban J connectivity index is 0.849. The highest BCUT2D eigenvalue weighted by Crippen LogP contribution is 2.43. The van der Waals surface area contributed by atoms with E-state index in [1.165, 1.54) is 19.1 Å². The Morgan fingerprint density at radius 1 is 0.954 bits per heavy atom. The van der Waals surface area contributed by atoms with Crippen LogP contribution in [0.4, 0.5) is 11.4 Å². The lowest BCUT2D eigenvalue weighted by Crippen LogP contribution is -2.52. The quantitative estimate of drug-likeness (QED) is 0.0624. The molecule has 0 bridgehead atoms. The number of rotatable bonds is 15. The molecule has 0 saturated carbocycles. The number of piperidine rings is 1. The van der Waals surface area contributed by atoms with E-state index in [0.29, 0.717) is 52.1 Å². The van der Waals surface area contributed by atoms with Gasteiger partial charge in [-0.05, 0) is 63.4 Å². The summed E-state index contributed by atoms with van der Waals surface area (Å²) in [5.41, 5.74) is 5.50. The lowest BCUT2D eigenvalue weighted by Gasteiger charge is -2.29. The Labute approximate surface area is 382 Å². The molecule has 336 valence electrons. The van der Waals surface area contributed by atoms with Crippen molar-refractivity contribution in [2.45, 2.75) is 65.1 Å². The number of aromatic nitrogens is 3. The number of methoxy groups -OCH3 is 2. The van der Waals surface area contributed by atoms with Gasteiger partial charge in [-0.15, -0.1) is 21.5 Å². The minimum atomic E-state index is -0.761. The lowest BCUT2D eigenvalue weighted by molar-refractivity contribution is -0.137. The fourth-order valence-electron chi connectivity index (χ4n) is 7.95. The second kappa shape index (κ2) is 19.0. The maximum atomic E-state index is 13.4. The van der Waals surface area contributed by atoms with Gasteiger partial charge in [-0.3, -0.25) is 38.8 Å². The highest BCUT2D eigenvalue weighted by molar-refractivity contribution is 7.15. The standard InChI is InChI=1S/C45H45ClN10O8S/c1-23-24(2)65-45-39(23)40(26-10-12-27(46)13-11-26)49-32(42-54-51-25(3)56(42)45)20-37(58)47-16-7-17-48-38(59)22-64-41-34(62-4)18-28(19-35(41)63-5)52-53-31-9-6-8-29-30(31)21-55(44(29)61)33-14-15-36(57)50-43(33)60/h6,8-13,18-19,32-33H,7,14-17,20-22H2,1-5H3,(H,47,58)(H,48,59)(H,50,57,60)/t32-,33?/m0/s1. The average molecular weight is 921 g/mol. The monoisotopic (exact) mass is 920 g/mol. The number of halogens is 1. The van der Waals surface area contributed by atoms with Gasteiger partial charge in [0.05, 0.1) is 37.7 Å². The zero-order valence-corrected chi connectivity index (χ0v) is 37.8. The van der Waals surface area contributed by atoms with Crippen LogP contribution in [-0.4, -0.2) is 94.9 Å². The van der Waals surface area contributed by atoms with E-state index < -0.39 is 23.9 Å². The number of carbonyl (C=O) groups is 5. The van der Waals surface area contributed by atoms with Crippen LogP contribution in [-0.2, 0) is 25.7 Å². The Morgan fingerprint density at radius 3 is 2.38 bits per heavy atom. The molecule has 1 unspecified atom stereocenters. The van der Waals surface area contributed by atoms with Crippen molar-refractivity contribution < 1.29 is 38.2 Å². The normalized spacial score (nSPS) is 16.6. The maximum absolute atomic E-state index is 13.4. The molecular weight excluding hydrogens is 876 g/mol. The number of imide groups is 1. The van der Waals surface area contributed by atoms with E-state index in [-0.39, 0.29) is 73.9 Å². The summed E-state index contributed by atoms with van der Waals surface area (Å²) in [6, 6.07) is 14.3. The molecule has 5 amide bonds. The number of nitrogens with zero attached hydrogens (tertiary/aromatic N) is 7. The molecule has 0 radical (unpaired) electrons. The summed E-state index contributed by atoms with van der Waals surface area (Å²) in [5, 5.41) is 27.2. The molecule has 3 N–H and O–H groups in total. The molecule has 2 aromatic heterocycles. The van der Waals surface area contributed by atoms with Crippen molar-refractivity contribution >= 4 is 69.6 Å². The summed E-state index contributed by atoms with van der Waals surface area (Å²) in [6.45, 7) is 6.38. The largest absolute Gasteiger partial charge is 0.493 e. The first-order valence-corrected chi connectivity index (χ1v) is 22.0. The highest BCUT2D eigenvalue weighted by atomic mass is 35.5. The van der Waals surface area contributed by atoms with Gasteiger partial charge < -0.3 is 29.7 Å². The molecule has 8 rings (SSSR count). The molecule has 2 atom stereocenters. The van der Waals surface area contributed by atoms with Gasteiger partial charge in [0, 0.05) is 70.3 Å². The smallest absolute Gasteiger partial charge is 0.257 e. The molecule has 0 spiro atoms. The summed E-state index contributed by atoms with van der Waals surface area (Å²) < 4.78 is 19.0. The number of hydrogen-bond donors (Lipinski definition) is 3. The highest BCUT2D eigenvalue weighted by Gasteiger charge is 2.40. The van der Waals surface area contributed by atoms with Gasteiger partial charge in [-0.25, -0.2) is 0 Å². The van der Waals surface area contributed by atoms with Gasteiger partial charge in [-0.1, -0.05) is 29.8 Å². The van der Waals surface area contributed by atoms with Gasteiger partial charge in [0.15, 0.2) is 23.9 Å². The van der Waals surface area contributed by atoms with Gasteiger partial charge in [-0.2, -0.15) is 10.2 Å². The Hall–Kier alpha value is -6.99. The first-order chi connectivity index (χ1) is 31.3. The van der Waals surface area contributed by atoms with Crippen LogP contribution in [0.5, 0.6) is 17.2 Å². The SMILES string of the molecule is COc1cc(N=Nc2cccc3c2CN(C2CCC(=O)NC2=O)C3=O)cc(OC)c1OCC(=O)NCCCNC(=O)C[C@@H]1N=C(c2ccc(Cl)cc2)c2c(sc(C)c2C)-n2c(C)nnc21.